The molecule has 0 spiro atoms. The summed E-state index contributed by atoms with van der Waals surface area (Å²) in [5, 5.41) is 11.4. The van der Waals surface area contributed by atoms with Crippen LogP contribution < -0.4 is 16.6 Å². The van der Waals surface area contributed by atoms with Crippen LogP contribution in [0.4, 0.5) is 5.82 Å². The van der Waals surface area contributed by atoms with Gasteiger partial charge >= 0.3 is 5.69 Å². The smallest absolute Gasteiger partial charge is 0.327 e. The van der Waals surface area contributed by atoms with Crippen LogP contribution in [-0.4, -0.2) is 30.2 Å². The molecule has 7 heteroatoms. The first-order valence-electron chi connectivity index (χ1n) is 4.18. The molecule has 1 aromatic rings. The number of nitriles is 1. The SMILES string of the molecule is COCCNc1[nH]c(=O)[nH]c(=O)c1C#N. The summed E-state index contributed by atoms with van der Waals surface area (Å²) in [4.78, 5) is 26.4. The molecule has 0 bridgehead atoms. The number of aromatic nitrogens is 2. The summed E-state index contributed by atoms with van der Waals surface area (Å²) in [5.74, 6) is 0.114. The summed E-state index contributed by atoms with van der Waals surface area (Å²) in [6.07, 6.45) is 0. The second-order valence-electron chi connectivity index (χ2n) is 2.69. The lowest BCUT2D eigenvalue weighted by molar-refractivity contribution is 0.210. The highest BCUT2D eigenvalue weighted by molar-refractivity contribution is 5.49. The van der Waals surface area contributed by atoms with Gasteiger partial charge in [0.05, 0.1) is 6.61 Å². The molecule has 80 valence electrons. The number of nitrogens with one attached hydrogen (secondary N) is 3. The summed E-state index contributed by atoms with van der Waals surface area (Å²) in [5.41, 5.74) is -1.51. The topological polar surface area (TPSA) is 111 Å². The number of hydrogen-bond acceptors (Lipinski definition) is 5. The third-order valence-electron chi connectivity index (χ3n) is 1.66. The van der Waals surface area contributed by atoms with Gasteiger partial charge in [-0.15, -0.1) is 0 Å². The Bertz CT molecular complexity index is 482. The van der Waals surface area contributed by atoms with Crippen molar-refractivity contribution in [3.63, 3.8) is 0 Å². The van der Waals surface area contributed by atoms with Gasteiger partial charge in [0.15, 0.2) is 5.56 Å². The standard InChI is InChI=1S/C8H10N4O3/c1-15-3-2-10-6-5(4-9)7(13)12-8(14)11-6/h2-3H2,1H3,(H3,10,11,12,13,14). The van der Waals surface area contributed by atoms with Gasteiger partial charge in [0.1, 0.15) is 11.9 Å². The number of H-pyrrole nitrogens is 2. The van der Waals surface area contributed by atoms with E-state index >= 15 is 0 Å². The van der Waals surface area contributed by atoms with Crippen LogP contribution in [0, 0.1) is 11.3 Å². The summed E-state index contributed by atoms with van der Waals surface area (Å²) < 4.78 is 4.77. The van der Waals surface area contributed by atoms with Gasteiger partial charge < -0.3 is 10.1 Å². The Morgan fingerprint density at radius 1 is 1.47 bits per heavy atom. The van der Waals surface area contributed by atoms with E-state index in [1.54, 1.807) is 6.07 Å². The van der Waals surface area contributed by atoms with Crippen molar-refractivity contribution in [2.45, 2.75) is 0 Å². The van der Waals surface area contributed by atoms with E-state index in [1.807, 2.05) is 4.98 Å². The first kappa shape index (κ1) is 11.0. The fraction of sp³-hybridized carbons (Fsp3) is 0.375. The van der Waals surface area contributed by atoms with Crippen molar-refractivity contribution in [2.75, 3.05) is 25.6 Å². The van der Waals surface area contributed by atoms with Crippen LogP contribution in [0.5, 0.6) is 0 Å². The Labute approximate surface area is 84.7 Å². The number of hydrogen-bond donors (Lipinski definition) is 3. The highest BCUT2D eigenvalue weighted by atomic mass is 16.5. The van der Waals surface area contributed by atoms with Crippen molar-refractivity contribution in [3.8, 4) is 6.07 Å². The quantitative estimate of drug-likeness (QED) is 0.551. The minimum absolute atomic E-state index is 0.114. The Morgan fingerprint density at radius 3 is 2.80 bits per heavy atom. The van der Waals surface area contributed by atoms with Crippen LogP contribution in [0.3, 0.4) is 0 Å². The molecule has 15 heavy (non-hydrogen) atoms. The largest absolute Gasteiger partial charge is 0.383 e. The molecule has 7 nitrogen and oxygen atoms in total. The lowest BCUT2D eigenvalue weighted by Crippen LogP contribution is -2.27. The number of ether oxygens (including phenoxy) is 1. The van der Waals surface area contributed by atoms with Crippen molar-refractivity contribution < 1.29 is 4.74 Å². The van der Waals surface area contributed by atoms with Crippen LogP contribution in [0.15, 0.2) is 9.59 Å². The van der Waals surface area contributed by atoms with Crippen LogP contribution in [-0.2, 0) is 4.74 Å². The highest BCUT2D eigenvalue weighted by Crippen LogP contribution is 2.01. The predicted molar refractivity (Wildman–Crippen MR) is 52.8 cm³/mol. The third-order valence-corrected chi connectivity index (χ3v) is 1.66. The number of rotatable bonds is 4. The molecule has 1 heterocycles. The van der Waals surface area contributed by atoms with Crippen molar-refractivity contribution >= 4 is 5.82 Å². The first-order valence-corrected chi connectivity index (χ1v) is 4.18. The zero-order valence-electron chi connectivity index (χ0n) is 8.09. The van der Waals surface area contributed by atoms with E-state index in [1.165, 1.54) is 7.11 Å². The molecule has 0 aliphatic rings. The molecule has 0 atom stereocenters. The Morgan fingerprint density at radius 2 is 2.20 bits per heavy atom. The maximum atomic E-state index is 11.2. The average molecular weight is 210 g/mol. The van der Waals surface area contributed by atoms with Gasteiger partial charge in [0.25, 0.3) is 5.56 Å². The maximum Gasteiger partial charge on any atom is 0.327 e. The van der Waals surface area contributed by atoms with Crippen LogP contribution in [0.2, 0.25) is 0 Å². The van der Waals surface area contributed by atoms with E-state index in [4.69, 9.17) is 10.00 Å². The fourth-order valence-electron chi connectivity index (χ4n) is 1.00. The van der Waals surface area contributed by atoms with E-state index in [-0.39, 0.29) is 11.4 Å². The van der Waals surface area contributed by atoms with E-state index in [9.17, 15) is 9.59 Å². The second kappa shape index (κ2) is 4.97. The van der Waals surface area contributed by atoms with E-state index < -0.39 is 11.2 Å². The highest BCUT2D eigenvalue weighted by Gasteiger charge is 2.07. The normalized spacial score (nSPS) is 9.60. The molecule has 0 unspecified atom stereocenters. The summed E-state index contributed by atoms with van der Waals surface area (Å²) in [7, 11) is 1.52. The van der Waals surface area contributed by atoms with Crippen LogP contribution in [0.25, 0.3) is 0 Å². The second-order valence-corrected chi connectivity index (χ2v) is 2.69. The van der Waals surface area contributed by atoms with Crippen LogP contribution in [0.1, 0.15) is 5.56 Å². The molecule has 0 aromatic carbocycles. The third kappa shape index (κ3) is 2.69. The molecule has 0 saturated heterocycles. The van der Waals surface area contributed by atoms with E-state index in [2.05, 4.69) is 10.3 Å². The van der Waals surface area contributed by atoms with Crippen molar-refractivity contribution in [1.29, 1.82) is 5.26 Å². The Balaban J connectivity index is 3.01. The van der Waals surface area contributed by atoms with Gasteiger partial charge in [0, 0.05) is 13.7 Å². The molecular formula is C8H10N4O3. The average Bonchev–Trinajstić information content (AvgIpc) is 2.17. The van der Waals surface area contributed by atoms with Gasteiger partial charge in [-0.05, 0) is 0 Å². The zero-order chi connectivity index (χ0) is 11.3. The lowest BCUT2D eigenvalue weighted by Gasteiger charge is -2.05. The monoisotopic (exact) mass is 210 g/mol. The molecule has 0 radical (unpaired) electrons. The molecule has 0 aliphatic heterocycles. The molecule has 0 aliphatic carbocycles. The van der Waals surface area contributed by atoms with Gasteiger partial charge in [-0.3, -0.25) is 14.8 Å². The molecule has 1 aromatic heterocycles. The molecule has 0 amide bonds. The minimum atomic E-state index is -0.707. The minimum Gasteiger partial charge on any atom is -0.383 e. The number of nitrogens with zero attached hydrogens (tertiary/aromatic N) is 1. The fourth-order valence-corrected chi connectivity index (χ4v) is 1.00. The summed E-state index contributed by atoms with van der Waals surface area (Å²) in [6.45, 7) is 0.796. The molecule has 1 rings (SSSR count). The Kier molecular flexibility index (Phi) is 3.65. The molecular weight excluding hydrogens is 200 g/mol. The van der Waals surface area contributed by atoms with Crippen molar-refractivity contribution in [1.82, 2.24) is 9.97 Å². The van der Waals surface area contributed by atoms with E-state index in [0.717, 1.165) is 0 Å². The van der Waals surface area contributed by atoms with Gasteiger partial charge in [-0.1, -0.05) is 0 Å². The Hall–Kier alpha value is -2.07. The molecule has 0 fully saturated rings. The number of methoxy groups -OCH3 is 1. The van der Waals surface area contributed by atoms with Gasteiger partial charge in [-0.25, -0.2) is 4.79 Å². The number of aromatic amines is 2. The molecule has 0 saturated carbocycles. The number of anilines is 1. The van der Waals surface area contributed by atoms with Gasteiger partial charge in [-0.2, -0.15) is 5.26 Å². The van der Waals surface area contributed by atoms with Crippen molar-refractivity contribution in [2.24, 2.45) is 0 Å². The first-order chi connectivity index (χ1) is 7.19. The van der Waals surface area contributed by atoms with Crippen LogP contribution >= 0.6 is 0 Å². The van der Waals surface area contributed by atoms with E-state index in [0.29, 0.717) is 13.2 Å². The summed E-state index contributed by atoms with van der Waals surface area (Å²) in [6, 6.07) is 1.70. The molecule has 3 N–H and O–H groups in total. The van der Waals surface area contributed by atoms with Crippen molar-refractivity contribution in [3.05, 3.63) is 26.4 Å². The summed E-state index contributed by atoms with van der Waals surface area (Å²) >= 11 is 0. The zero-order valence-corrected chi connectivity index (χ0v) is 8.09. The lowest BCUT2D eigenvalue weighted by atomic mass is 10.3. The predicted octanol–water partition coefficient (Wildman–Crippen LogP) is -1.01. The van der Waals surface area contributed by atoms with Gasteiger partial charge in [0.2, 0.25) is 0 Å². The maximum absolute atomic E-state index is 11.2.